The fourth-order valence-corrected chi connectivity index (χ4v) is 2.36. The summed E-state index contributed by atoms with van der Waals surface area (Å²) in [7, 11) is 0. The molecule has 2 N–H and O–H groups in total. The second-order valence-corrected chi connectivity index (χ2v) is 5.79. The van der Waals surface area contributed by atoms with E-state index in [9.17, 15) is 13.2 Å². The summed E-state index contributed by atoms with van der Waals surface area (Å²) in [6, 6.07) is 3.26. The number of guanidine groups is 1. The van der Waals surface area contributed by atoms with Crippen LogP contribution in [-0.2, 0) is 19.5 Å². The van der Waals surface area contributed by atoms with Gasteiger partial charge in [-0.25, -0.2) is 9.98 Å². The van der Waals surface area contributed by atoms with Crippen LogP contribution in [-0.4, -0.2) is 51.6 Å². The van der Waals surface area contributed by atoms with Crippen molar-refractivity contribution >= 4 is 29.9 Å². The number of hydrogen-bond acceptors (Lipinski definition) is 5. The summed E-state index contributed by atoms with van der Waals surface area (Å²) in [5.41, 5.74) is 0.469. The molecule has 0 radical (unpaired) electrons. The predicted molar refractivity (Wildman–Crippen MR) is 113 cm³/mol. The molecule has 0 aromatic carbocycles. The highest BCUT2D eigenvalue weighted by molar-refractivity contribution is 14.0. The Kier molecular flexibility index (Phi) is 10.7. The molecule has 2 aromatic rings. The van der Waals surface area contributed by atoms with Crippen LogP contribution in [0, 0.1) is 0 Å². The van der Waals surface area contributed by atoms with Gasteiger partial charge in [0.2, 0.25) is 5.88 Å². The van der Waals surface area contributed by atoms with Crippen molar-refractivity contribution < 1.29 is 17.9 Å². The van der Waals surface area contributed by atoms with Crippen LogP contribution in [0.4, 0.5) is 13.2 Å². The van der Waals surface area contributed by atoms with Crippen LogP contribution in [0.1, 0.15) is 25.2 Å². The Morgan fingerprint density at radius 2 is 2.07 bits per heavy atom. The molecule has 0 atom stereocenters. The molecule has 2 aromatic heterocycles. The van der Waals surface area contributed by atoms with Gasteiger partial charge >= 0.3 is 6.18 Å². The number of pyridine rings is 1. The van der Waals surface area contributed by atoms with Crippen LogP contribution in [0.5, 0.6) is 5.88 Å². The first-order chi connectivity index (χ1) is 13.4. The number of aromatic nitrogens is 4. The van der Waals surface area contributed by atoms with E-state index in [0.717, 1.165) is 12.2 Å². The van der Waals surface area contributed by atoms with Crippen molar-refractivity contribution in [3.63, 3.8) is 0 Å². The Hall–Kier alpha value is -2.12. The van der Waals surface area contributed by atoms with Gasteiger partial charge in [-0.1, -0.05) is 13.0 Å². The summed E-state index contributed by atoms with van der Waals surface area (Å²) in [6.07, 6.45) is -0.582. The smallest absolute Gasteiger partial charge is 0.422 e. The first-order valence-electron chi connectivity index (χ1n) is 8.95. The molecule has 0 amide bonds. The number of aliphatic imine (C=N–C) groups is 1. The minimum atomic E-state index is -4.42. The second kappa shape index (κ2) is 12.4. The van der Waals surface area contributed by atoms with Gasteiger partial charge in [-0.3, -0.25) is 0 Å². The van der Waals surface area contributed by atoms with Gasteiger partial charge in [0.05, 0.1) is 6.54 Å². The van der Waals surface area contributed by atoms with Gasteiger partial charge in [-0.05, 0) is 13.0 Å². The van der Waals surface area contributed by atoms with Crippen molar-refractivity contribution in [3.05, 3.63) is 36.0 Å². The van der Waals surface area contributed by atoms with E-state index in [0.29, 0.717) is 31.2 Å². The van der Waals surface area contributed by atoms with Crippen LogP contribution in [0.2, 0.25) is 0 Å². The Labute approximate surface area is 184 Å². The number of rotatable bonds is 9. The minimum Gasteiger partial charge on any atom is -0.468 e. The van der Waals surface area contributed by atoms with Crippen molar-refractivity contribution in [2.75, 3.05) is 19.7 Å². The lowest BCUT2D eigenvalue weighted by Gasteiger charge is -2.13. The van der Waals surface area contributed by atoms with E-state index in [1.807, 2.05) is 18.4 Å². The van der Waals surface area contributed by atoms with Gasteiger partial charge < -0.3 is 19.9 Å². The van der Waals surface area contributed by atoms with Crippen LogP contribution >= 0.6 is 24.0 Å². The maximum absolute atomic E-state index is 12.4. The summed E-state index contributed by atoms with van der Waals surface area (Å²) in [5, 5.41) is 14.2. The molecule has 0 aliphatic rings. The van der Waals surface area contributed by atoms with E-state index in [1.165, 1.54) is 6.20 Å². The maximum atomic E-state index is 12.4. The quantitative estimate of drug-likeness (QED) is 0.296. The molecule has 162 valence electrons. The van der Waals surface area contributed by atoms with E-state index >= 15 is 0 Å². The zero-order valence-corrected chi connectivity index (χ0v) is 18.6. The van der Waals surface area contributed by atoms with E-state index in [4.69, 9.17) is 4.74 Å². The Morgan fingerprint density at radius 3 is 2.76 bits per heavy atom. The lowest BCUT2D eigenvalue weighted by molar-refractivity contribution is -0.154. The van der Waals surface area contributed by atoms with Gasteiger partial charge in [0.15, 0.2) is 12.6 Å². The van der Waals surface area contributed by atoms with Crippen LogP contribution < -0.4 is 15.4 Å². The largest absolute Gasteiger partial charge is 0.468 e. The van der Waals surface area contributed by atoms with Crippen LogP contribution in [0.25, 0.3) is 0 Å². The van der Waals surface area contributed by atoms with Crippen molar-refractivity contribution in [1.82, 2.24) is 30.4 Å². The number of ether oxygens (including phenoxy) is 1. The molecule has 12 heteroatoms. The number of nitrogens with one attached hydrogen (secondary N) is 2. The Morgan fingerprint density at radius 1 is 1.28 bits per heavy atom. The molecular weight excluding hydrogens is 502 g/mol. The van der Waals surface area contributed by atoms with E-state index in [2.05, 4.69) is 30.8 Å². The first kappa shape index (κ1) is 24.9. The number of halogens is 4. The second-order valence-electron chi connectivity index (χ2n) is 5.79. The SMILES string of the molecule is CCNC(=NCc1cccnc1OCC(F)(F)F)NCCn1cnnc1CC.I. The number of aryl methyl sites for hydroxylation is 1. The first-order valence-corrected chi connectivity index (χ1v) is 8.95. The number of nitrogens with zero attached hydrogens (tertiary/aromatic N) is 5. The minimum absolute atomic E-state index is 0. The summed E-state index contributed by atoms with van der Waals surface area (Å²) in [4.78, 5) is 8.27. The molecule has 0 aliphatic heterocycles. The molecule has 8 nitrogen and oxygen atoms in total. The van der Waals surface area contributed by atoms with E-state index < -0.39 is 12.8 Å². The maximum Gasteiger partial charge on any atom is 0.422 e. The third kappa shape index (κ3) is 8.83. The topological polar surface area (TPSA) is 89.3 Å². The van der Waals surface area contributed by atoms with Crippen LogP contribution in [0.3, 0.4) is 0 Å². The molecular formula is C17H25F3IN7O. The van der Waals surface area contributed by atoms with Gasteiger partial charge in [-0.15, -0.1) is 34.2 Å². The third-order valence-electron chi connectivity index (χ3n) is 3.63. The fraction of sp³-hybridized carbons (Fsp3) is 0.529. The van der Waals surface area contributed by atoms with Crippen molar-refractivity contribution in [2.45, 2.75) is 39.5 Å². The lowest BCUT2D eigenvalue weighted by Crippen LogP contribution is -2.39. The average molecular weight is 527 g/mol. The summed E-state index contributed by atoms with van der Waals surface area (Å²) >= 11 is 0. The van der Waals surface area contributed by atoms with E-state index in [-0.39, 0.29) is 36.4 Å². The molecule has 0 saturated carbocycles. The van der Waals surface area contributed by atoms with Crippen molar-refractivity contribution in [1.29, 1.82) is 0 Å². The fourth-order valence-electron chi connectivity index (χ4n) is 2.36. The Balaban J connectivity index is 0.00000420. The molecule has 0 fully saturated rings. The molecule has 0 spiro atoms. The zero-order valence-electron chi connectivity index (χ0n) is 16.2. The molecule has 0 saturated heterocycles. The number of hydrogen-bond donors (Lipinski definition) is 2. The molecule has 0 bridgehead atoms. The Bertz CT molecular complexity index is 767. The summed E-state index contributed by atoms with van der Waals surface area (Å²) in [5.74, 6) is 1.36. The third-order valence-corrected chi connectivity index (χ3v) is 3.63. The van der Waals surface area contributed by atoms with E-state index in [1.54, 1.807) is 18.5 Å². The molecule has 0 aliphatic carbocycles. The standard InChI is InChI=1S/C17H24F3N7O.HI/c1-3-14-26-25-12-27(14)9-8-23-16(21-4-2)24-10-13-6-5-7-22-15(13)28-11-17(18,19)20;/h5-7,12H,3-4,8-11H2,1-2H3,(H2,21,23,24);1H. The summed E-state index contributed by atoms with van der Waals surface area (Å²) in [6.45, 7) is 4.55. The predicted octanol–water partition coefficient (Wildman–Crippen LogP) is 2.55. The highest BCUT2D eigenvalue weighted by Crippen LogP contribution is 2.20. The van der Waals surface area contributed by atoms with Crippen molar-refractivity contribution in [2.24, 2.45) is 4.99 Å². The average Bonchev–Trinajstić information content (AvgIpc) is 3.12. The molecule has 0 unspecified atom stereocenters. The summed E-state index contributed by atoms with van der Waals surface area (Å²) < 4.78 is 43.9. The lowest BCUT2D eigenvalue weighted by atomic mass is 10.3. The normalized spacial score (nSPS) is 11.7. The van der Waals surface area contributed by atoms with Crippen LogP contribution in [0.15, 0.2) is 29.6 Å². The molecule has 2 heterocycles. The molecule has 29 heavy (non-hydrogen) atoms. The highest BCUT2D eigenvalue weighted by atomic mass is 127. The number of alkyl halides is 3. The zero-order chi connectivity index (χ0) is 20.4. The van der Waals surface area contributed by atoms with Gasteiger partial charge in [0.25, 0.3) is 0 Å². The van der Waals surface area contributed by atoms with Gasteiger partial charge in [-0.2, -0.15) is 13.2 Å². The monoisotopic (exact) mass is 527 g/mol. The van der Waals surface area contributed by atoms with Gasteiger partial charge in [0, 0.05) is 37.8 Å². The van der Waals surface area contributed by atoms with Gasteiger partial charge in [0.1, 0.15) is 12.2 Å². The van der Waals surface area contributed by atoms with Crippen molar-refractivity contribution in [3.8, 4) is 5.88 Å². The highest BCUT2D eigenvalue weighted by Gasteiger charge is 2.29. The molecule has 2 rings (SSSR count).